The van der Waals surface area contributed by atoms with Crippen LogP contribution < -0.4 is 4.90 Å². The molecule has 5 rings (SSSR count). The van der Waals surface area contributed by atoms with E-state index < -0.39 is 0 Å². The Kier molecular flexibility index (Phi) is 6.36. The van der Waals surface area contributed by atoms with Gasteiger partial charge in [-0.3, -0.25) is 0 Å². The maximum atomic E-state index is 2.47. The largest absolute Gasteiger partial charge is 0.314 e. The summed E-state index contributed by atoms with van der Waals surface area (Å²) in [4.78, 5) is 2.47. The maximum Gasteiger partial charge on any atom is 0.0458 e. The van der Waals surface area contributed by atoms with Crippen molar-refractivity contribution >= 4 is 11.4 Å². The first kappa shape index (κ1) is 22.2. The van der Waals surface area contributed by atoms with E-state index >= 15 is 0 Å². The molecule has 0 aromatic heterocycles. The van der Waals surface area contributed by atoms with Gasteiger partial charge in [-0.1, -0.05) is 112 Å². The third-order valence-corrected chi connectivity index (χ3v) is 7.57. The van der Waals surface area contributed by atoms with Gasteiger partial charge >= 0.3 is 0 Å². The molecule has 1 aliphatic rings. The second-order valence-electron chi connectivity index (χ2n) is 9.65. The molecule has 0 bridgehead atoms. The highest BCUT2D eigenvalue weighted by Gasteiger charge is 2.30. The lowest BCUT2D eigenvalue weighted by molar-refractivity contribution is 0.289. The molecule has 0 heterocycles. The third kappa shape index (κ3) is 4.43. The Bertz CT molecular complexity index is 1150. The predicted octanol–water partition coefficient (Wildman–Crippen LogP) is 9.35. The van der Waals surface area contributed by atoms with Crippen LogP contribution >= 0.6 is 0 Å². The molecule has 34 heavy (non-hydrogen) atoms. The van der Waals surface area contributed by atoms with Gasteiger partial charge in [0.1, 0.15) is 0 Å². The van der Waals surface area contributed by atoms with Crippen LogP contribution in [0.25, 0.3) is 22.3 Å². The van der Waals surface area contributed by atoms with E-state index in [1.807, 2.05) is 0 Å². The van der Waals surface area contributed by atoms with E-state index in [9.17, 15) is 0 Å². The zero-order valence-corrected chi connectivity index (χ0v) is 20.4. The van der Waals surface area contributed by atoms with Gasteiger partial charge in [0.15, 0.2) is 0 Å². The summed E-state index contributed by atoms with van der Waals surface area (Å²) in [5, 5.41) is 0. The van der Waals surface area contributed by atoms with Gasteiger partial charge in [-0.25, -0.2) is 0 Å². The monoisotopic (exact) mass is 443 g/mol. The third-order valence-electron chi connectivity index (χ3n) is 7.57. The van der Waals surface area contributed by atoms with E-state index in [2.05, 4.69) is 141 Å². The molecule has 4 aromatic rings. The lowest BCUT2D eigenvalue weighted by atomic mass is 9.76. The standard InChI is InChI=1S/C33H33N/c1-24-14-23-33(26(3)25(24)2)34(31-19-15-29(16-20-31)27-10-6-4-7-11-27)32-21-17-30(18-22-32)28-12-8-5-9-13-28/h4-13,15-26H,14H2,1-3H3/t24-,25+,26-/m1/s1. The number of hydrogen-bond acceptors (Lipinski definition) is 1. The van der Waals surface area contributed by atoms with Crippen molar-refractivity contribution in [2.24, 2.45) is 17.8 Å². The van der Waals surface area contributed by atoms with Crippen LogP contribution in [0.15, 0.2) is 121 Å². The van der Waals surface area contributed by atoms with Crippen molar-refractivity contribution in [3.63, 3.8) is 0 Å². The summed E-state index contributed by atoms with van der Waals surface area (Å²) in [5.41, 5.74) is 8.83. The second-order valence-corrected chi connectivity index (χ2v) is 9.65. The SMILES string of the molecule is C[C@H]1[C@H](C)CC=C(N(c2ccc(-c3ccccc3)cc2)c2ccc(-c3ccccc3)cc2)[C@@H]1C. The van der Waals surface area contributed by atoms with Crippen molar-refractivity contribution in [3.8, 4) is 22.3 Å². The Morgan fingerprint density at radius 3 is 1.38 bits per heavy atom. The van der Waals surface area contributed by atoms with Gasteiger partial charge in [-0.05, 0) is 70.7 Å². The quantitative estimate of drug-likeness (QED) is 0.297. The fourth-order valence-corrected chi connectivity index (χ4v) is 5.08. The number of benzene rings is 4. The normalized spacial score (nSPS) is 20.0. The zero-order valence-electron chi connectivity index (χ0n) is 20.4. The Morgan fingerprint density at radius 1 is 0.529 bits per heavy atom. The second kappa shape index (κ2) is 9.73. The minimum absolute atomic E-state index is 0.492. The molecule has 0 fully saturated rings. The molecule has 0 spiro atoms. The van der Waals surface area contributed by atoms with Crippen LogP contribution in [0.1, 0.15) is 27.2 Å². The predicted molar refractivity (Wildman–Crippen MR) is 146 cm³/mol. The first-order valence-corrected chi connectivity index (χ1v) is 12.4. The molecule has 0 amide bonds. The molecular weight excluding hydrogens is 410 g/mol. The van der Waals surface area contributed by atoms with Gasteiger partial charge in [0.2, 0.25) is 0 Å². The molecule has 4 aromatic carbocycles. The van der Waals surface area contributed by atoms with Crippen LogP contribution in [-0.4, -0.2) is 0 Å². The first-order valence-electron chi connectivity index (χ1n) is 12.4. The molecule has 170 valence electrons. The molecule has 1 aliphatic carbocycles. The van der Waals surface area contributed by atoms with E-state index in [4.69, 9.17) is 0 Å². The summed E-state index contributed by atoms with van der Waals surface area (Å²) < 4.78 is 0. The van der Waals surface area contributed by atoms with Crippen molar-refractivity contribution in [3.05, 3.63) is 121 Å². The fourth-order valence-electron chi connectivity index (χ4n) is 5.08. The summed E-state index contributed by atoms with van der Waals surface area (Å²) in [6.07, 6.45) is 3.59. The van der Waals surface area contributed by atoms with E-state index in [0.29, 0.717) is 17.8 Å². The molecule has 1 heteroatoms. The molecule has 0 aliphatic heterocycles. The van der Waals surface area contributed by atoms with Crippen LogP contribution in [0.4, 0.5) is 11.4 Å². The van der Waals surface area contributed by atoms with Gasteiger partial charge < -0.3 is 4.90 Å². The number of nitrogens with zero attached hydrogens (tertiary/aromatic N) is 1. The molecule has 0 saturated carbocycles. The van der Waals surface area contributed by atoms with Gasteiger partial charge in [0.05, 0.1) is 0 Å². The lowest BCUT2D eigenvalue weighted by Crippen LogP contribution is -2.30. The average molecular weight is 444 g/mol. The minimum Gasteiger partial charge on any atom is -0.314 e. The van der Waals surface area contributed by atoms with Crippen molar-refractivity contribution in [2.75, 3.05) is 4.90 Å². The molecule has 0 radical (unpaired) electrons. The average Bonchev–Trinajstić information content (AvgIpc) is 2.90. The van der Waals surface area contributed by atoms with E-state index in [1.54, 1.807) is 0 Å². The molecule has 1 nitrogen and oxygen atoms in total. The van der Waals surface area contributed by atoms with Crippen LogP contribution in [0, 0.1) is 17.8 Å². The van der Waals surface area contributed by atoms with Gasteiger partial charge in [-0.15, -0.1) is 0 Å². The summed E-state index contributed by atoms with van der Waals surface area (Å²) in [6.45, 7) is 7.16. The molecule has 0 saturated heterocycles. The van der Waals surface area contributed by atoms with E-state index in [-0.39, 0.29) is 0 Å². The summed E-state index contributed by atoms with van der Waals surface area (Å²) in [5.74, 6) is 1.85. The van der Waals surface area contributed by atoms with Crippen molar-refractivity contribution in [1.29, 1.82) is 0 Å². The number of rotatable bonds is 5. The Balaban J connectivity index is 1.54. The van der Waals surface area contributed by atoms with Crippen molar-refractivity contribution in [2.45, 2.75) is 27.2 Å². The van der Waals surface area contributed by atoms with Crippen LogP contribution in [-0.2, 0) is 0 Å². The topological polar surface area (TPSA) is 3.24 Å². The Hall–Kier alpha value is -3.58. The summed E-state index contributed by atoms with van der Waals surface area (Å²) in [6, 6.07) is 39.3. The molecule has 0 unspecified atom stereocenters. The van der Waals surface area contributed by atoms with Crippen LogP contribution in [0.2, 0.25) is 0 Å². The number of anilines is 2. The highest BCUT2D eigenvalue weighted by molar-refractivity contribution is 5.75. The summed E-state index contributed by atoms with van der Waals surface area (Å²) in [7, 11) is 0. The van der Waals surface area contributed by atoms with E-state index in [1.165, 1.54) is 39.3 Å². The van der Waals surface area contributed by atoms with Crippen LogP contribution in [0.5, 0.6) is 0 Å². The molecule has 3 atom stereocenters. The van der Waals surface area contributed by atoms with Crippen molar-refractivity contribution < 1.29 is 0 Å². The highest BCUT2D eigenvalue weighted by atomic mass is 15.2. The first-order chi connectivity index (χ1) is 16.6. The molecule has 0 N–H and O–H groups in total. The van der Waals surface area contributed by atoms with Gasteiger partial charge in [-0.2, -0.15) is 0 Å². The Labute approximate surface area is 204 Å². The minimum atomic E-state index is 0.492. The maximum absolute atomic E-state index is 2.47. The van der Waals surface area contributed by atoms with E-state index in [0.717, 1.165) is 6.42 Å². The smallest absolute Gasteiger partial charge is 0.0458 e. The van der Waals surface area contributed by atoms with Crippen LogP contribution in [0.3, 0.4) is 0 Å². The summed E-state index contributed by atoms with van der Waals surface area (Å²) >= 11 is 0. The highest BCUT2D eigenvalue weighted by Crippen LogP contribution is 2.42. The number of allylic oxidation sites excluding steroid dienone is 2. The zero-order chi connectivity index (χ0) is 23.5. The molecular formula is C33H33N. The lowest BCUT2D eigenvalue weighted by Gasteiger charge is -2.39. The van der Waals surface area contributed by atoms with Gasteiger partial charge in [0, 0.05) is 17.1 Å². The van der Waals surface area contributed by atoms with Crippen molar-refractivity contribution in [1.82, 2.24) is 0 Å². The number of hydrogen-bond donors (Lipinski definition) is 0. The Morgan fingerprint density at radius 2 is 0.941 bits per heavy atom. The van der Waals surface area contributed by atoms with Gasteiger partial charge in [0.25, 0.3) is 0 Å². The fraction of sp³-hybridized carbons (Fsp3) is 0.212.